The van der Waals surface area contributed by atoms with Crippen LogP contribution in [-0.4, -0.2) is 35.0 Å². The molecule has 0 spiro atoms. The van der Waals surface area contributed by atoms with Gasteiger partial charge in [-0.3, -0.25) is 9.98 Å². The minimum absolute atomic E-state index is 0. The van der Waals surface area contributed by atoms with Gasteiger partial charge in [-0.1, -0.05) is 166 Å². The SMILES string of the molecule is CC(C)(C)c1cc(C(C)(C)C)c(Cl)c(OC(=O)O)c1[O-].CC(C)(C)c1cc(C(C)(C)C)c(Cl)c(OC(=O)O)c1[O-].Cc1cccc(C)c1N=CC=Nc1c(C)cccc1C.[Ni+2]. The Kier molecular flexibility index (Phi) is 19.2. The molecular weight excluding hydrogens is 862 g/mol. The van der Waals surface area contributed by atoms with Crippen molar-refractivity contribution < 1.29 is 56.0 Å². The number of nitrogens with zero attached hydrogens (tertiary/aromatic N) is 2. The van der Waals surface area contributed by atoms with Crippen LogP contribution in [0.3, 0.4) is 0 Å². The first-order valence-corrected chi connectivity index (χ1v) is 20.2. The predicted octanol–water partition coefficient (Wildman–Crippen LogP) is 13.2. The van der Waals surface area contributed by atoms with Crippen molar-refractivity contribution in [1.82, 2.24) is 0 Å². The maximum Gasteiger partial charge on any atom is 2.00 e. The molecule has 0 bridgehead atoms. The van der Waals surface area contributed by atoms with Gasteiger partial charge in [-0.2, -0.15) is 0 Å². The van der Waals surface area contributed by atoms with Crippen LogP contribution in [0, 0.1) is 27.7 Å². The van der Waals surface area contributed by atoms with Crippen LogP contribution in [0.15, 0.2) is 58.5 Å². The Morgan fingerprint density at radius 3 is 1.00 bits per heavy atom. The maximum absolute atomic E-state index is 12.4. The molecule has 0 aromatic heterocycles. The second-order valence-electron chi connectivity index (χ2n) is 18.7. The van der Waals surface area contributed by atoms with E-state index in [1.807, 2.05) is 83.1 Å². The Bertz CT molecular complexity index is 1980. The topological polar surface area (TPSA) is 164 Å². The van der Waals surface area contributed by atoms with Crippen LogP contribution in [0.1, 0.15) is 128 Å². The Morgan fingerprint density at radius 1 is 0.541 bits per heavy atom. The first-order valence-electron chi connectivity index (χ1n) is 19.4. The first-order chi connectivity index (χ1) is 27.3. The Labute approximate surface area is 382 Å². The van der Waals surface area contributed by atoms with E-state index in [1.165, 1.54) is 22.3 Å². The van der Waals surface area contributed by atoms with Crippen molar-refractivity contribution in [3.05, 3.63) is 103 Å². The quantitative estimate of drug-likeness (QED) is 0.0864. The molecular formula is C48H60Cl2N2NiO8. The number of carboxylic acid groups (broad SMARTS) is 2. The van der Waals surface area contributed by atoms with Crippen LogP contribution in [0.4, 0.5) is 21.0 Å². The number of para-hydroxylation sites is 2. The summed E-state index contributed by atoms with van der Waals surface area (Å²) < 4.78 is 9.24. The van der Waals surface area contributed by atoms with E-state index in [9.17, 15) is 19.8 Å². The molecule has 0 aliphatic carbocycles. The summed E-state index contributed by atoms with van der Waals surface area (Å²) in [7, 11) is 0. The van der Waals surface area contributed by atoms with E-state index in [0.717, 1.165) is 11.4 Å². The molecule has 4 aromatic carbocycles. The van der Waals surface area contributed by atoms with Crippen LogP contribution in [0.5, 0.6) is 23.0 Å². The minimum Gasteiger partial charge on any atom is -0.870 e. The predicted molar refractivity (Wildman–Crippen MR) is 242 cm³/mol. The molecule has 4 rings (SSSR count). The zero-order chi connectivity index (χ0) is 46.3. The van der Waals surface area contributed by atoms with Gasteiger partial charge in [-0.25, -0.2) is 9.59 Å². The Hall–Kier alpha value is -4.57. The van der Waals surface area contributed by atoms with E-state index in [1.54, 1.807) is 24.6 Å². The number of hydrogen-bond acceptors (Lipinski definition) is 8. The summed E-state index contributed by atoms with van der Waals surface area (Å²) >= 11 is 12.4. The van der Waals surface area contributed by atoms with Crippen molar-refractivity contribution in [2.75, 3.05) is 0 Å². The number of halogens is 2. The number of carbonyl (C=O) groups is 2. The summed E-state index contributed by atoms with van der Waals surface area (Å²) in [5.74, 6) is -1.57. The van der Waals surface area contributed by atoms with E-state index >= 15 is 0 Å². The van der Waals surface area contributed by atoms with Crippen molar-refractivity contribution in [3.8, 4) is 23.0 Å². The van der Waals surface area contributed by atoms with E-state index < -0.39 is 34.6 Å². The molecule has 4 aromatic rings. The molecule has 10 nitrogen and oxygen atoms in total. The van der Waals surface area contributed by atoms with Crippen molar-refractivity contribution in [2.45, 2.75) is 132 Å². The van der Waals surface area contributed by atoms with Gasteiger partial charge in [0.25, 0.3) is 0 Å². The number of hydrogen-bond donors (Lipinski definition) is 2. The zero-order valence-electron chi connectivity index (χ0n) is 38.1. The van der Waals surface area contributed by atoms with E-state index in [0.29, 0.717) is 22.3 Å². The van der Waals surface area contributed by atoms with Crippen molar-refractivity contribution in [2.24, 2.45) is 9.98 Å². The van der Waals surface area contributed by atoms with Gasteiger partial charge in [-0.05, 0) is 93.9 Å². The van der Waals surface area contributed by atoms with Gasteiger partial charge >= 0.3 is 28.8 Å². The maximum atomic E-state index is 12.4. The van der Waals surface area contributed by atoms with Crippen LogP contribution in [-0.2, 0) is 38.2 Å². The van der Waals surface area contributed by atoms with E-state index in [4.69, 9.17) is 33.4 Å². The molecule has 334 valence electrons. The second kappa shape index (κ2) is 21.5. The fourth-order valence-corrected chi connectivity index (χ4v) is 6.96. The number of benzene rings is 4. The third-order valence-electron chi connectivity index (χ3n) is 9.31. The first kappa shape index (κ1) is 54.5. The summed E-state index contributed by atoms with van der Waals surface area (Å²) in [4.78, 5) is 30.6. The van der Waals surface area contributed by atoms with E-state index in [-0.39, 0.29) is 48.9 Å². The van der Waals surface area contributed by atoms with E-state index in [2.05, 4.69) is 83.6 Å². The molecule has 0 amide bonds. The average Bonchev–Trinajstić information content (AvgIpc) is 3.07. The minimum atomic E-state index is -1.55. The second-order valence-corrected chi connectivity index (χ2v) is 19.4. The number of ether oxygens (including phenoxy) is 2. The largest absolute Gasteiger partial charge is 2.00 e. The molecule has 0 saturated heterocycles. The fourth-order valence-electron chi connectivity index (χ4n) is 6.03. The molecule has 0 heterocycles. The average molecular weight is 923 g/mol. The van der Waals surface area contributed by atoms with Crippen LogP contribution in [0.2, 0.25) is 10.0 Å². The molecule has 0 saturated carbocycles. The standard InChI is InChI=1S/C18H20N2.2C15H21ClO4.Ni/c1-13-7-5-8-14(2)17(13)19-11-12-20-18-15(3)9-6-10-16(18)4;2*1-14(2,3)8-7-9(15(4,5)6)11(17)12(10(8)16)20-13(18)19;/h5-12H,1-4H3;2*7,17H,1-6H3,(H,18,19);/q;;;+2/p-2. The smallest absolute Gasteiger partial charge is 0.870 e. The summed E-state index contributed by atoms with van der Waals surface area (Å²) in [6.45, 7) is 31.2. The monoisotopic (exact) mass is 920 g/mol. The molecule has 0 radical (unpaired) electrons. The van der Waals surface area contributed by atoms with Gasteiger partial charge in [0.15, 0.2) is 0 Å². The molecule has 0 aliphatic heterocycles. The van der Waals surface area contributed by atoms with Gasteiger partial charge < -0.3 is 29.9 Å². The normalized spacial score (nSPS) is 11.9. The number of aryl methyl sites for hydroxylation is 4. The number of rotatable bonds is 5. The van der Waals surface area contributed by atoms with Gasteiger partial charge in [0.05, 0.1) is 21.4 Å². The molecule has 2 N–H and O–H groups in total. The molecule has 0 atom stereocenters. The van der Waals surface area contributed by atoms with Gasteiger partial charge in [0.1, 0.15) is 11.5 Å². The van der Waals surface area contributed by atoms with Gasteiger partial charge in [0.2, 0.25) is 0 Å². The zero-order valence-corrected chi connectivity index (χ0v) is 40.6. The third-order valence-corrected chi connectivity index (χ3v) is 10.1. The molecule has 61 heavy (non-hydrogen) atoms. The molecule has 13 heteroatoms. The fraction of sp³-hybridized carbons (Fsp3) is 0.417. The van der Waals surface area contributed by atoms with Gasteiger partial charge in [-0.15, -0.1) is 0 Å². The summed E-state index contributed by atoms with van der Waals surface area (Å²) in [5.41, 5.74) is 7.62. The van der Waals surface area contributed by atoms with Crippen molar-refractivity contribution >= 4 is 59.3 Å². The molecule has 0 unspecified atom stereocenters. The van der Waals surface area contributed by atoms with Crippen molar-refractivity contribution in [1.29, 1.82) is 0 Å². The Balaban J connectivity index is 0.000000454. The summed E-state index contributed by atoms with van der Waals surface area (Å²) in [6.07, 6.45) is 0.437. The Morgan fingerprint density at radius 2 is 0.787 bits per heavy atom. The van der Waals surface area contributed by atoms with Crippen molar-refractivity contribution in [3.63, 3.8) is 0 Å². The van der Waals surface area contributed by atoms with Crippen LogP contribution in [0.25, 0.3) is 0 Å². The molecule has 0 aliphatic rings. The van der Waals surface area contributed by atoms with Gasteiger partial charge in [0, 0.05) is 12.4 Å². The molecule has 0 fully saturated rings. The van der Waals surface area contributed by atoms with Crippen LogP contribution < -0.4 is 19.7 Å². The third kappa shape index (κ3) is 15.1. The summed E-state index contributed by atoms with van der Waals surface area (Å²) in [6, 6.07) is 15.9. The van der Waals surface area contributed by atoms with Crippen LogP contribution >= 0.6 is 23.2 Å². The summed E-state index contributed by atoms with van der Waals surface area (Å²) in [5, 5.41) is 42.5. The number of aliphatic imine (C=N–C) groups is 2.